The Morgan fingerprint density at radius 1 is 1.38 bits per heavy atom. The summed E-state index contributed by atoms with van der Waals surface area (Å²) in [6.45, 7) is 0. The molecule has 1 aromatic carbocycles. The van der Waals surface area contributed by atoms with Gasteiger partial charge in [-0.05, 0) is 17.7 Å². The van der Waals surface area contributed by atoms with Gasteiger partial charge in [0.2, 0.25) is 0 Å². The second-order valence-electron chi connectivity index (χ2n) is 3.13. The summed E-state index contributed by atoms with van der Waals surface area (Å²) in [5.41, 5.74) is -1.21. The Hall–Kier alpha value is -0.910. The zero-order valence-electron chi connectivity index (χ0n) is 7.89. The van der Waals surface area contributed by atoms with Crippen molar-refractivity contribution in [3.63, 3.8) is 0 Å². The molecule has 1 atom stereocenters. The maximum absolute atomic E-state index is 12.9. The molecule has 0 aliphatic carbocycles. The molecule has 0 fully saturated rings. The predicted molar refractivity (Wildman–Crippen MR) is 54.0 cm³/mol. The van der Waals surface area contributed by atoms with E-state index in [0.29, 0.717) is 12.4 Å². The van der Waals surface area contributed by atoms with Crippen LogP contribution in [0.15, 0.2) is 18.2 Å². The molecule has 1 rings (SSSR count). The number of benzene rings is 1. The second-order valence-corrected chi connectivity index (χ2v) is 3.78. The van der Waals surface area contributed by atoms with Crippen molar-refractivity contribution >= 4 is 22.2 Å². The van der Waals surface area contributed by atoms with E-state index in [0.717, 1.165) is 6.07 Å². The smallest absolute Gasteiger partial charge is 0.303 e. The Balaban J connectivity index is 3.22. The fraction of sp³-hybridized carbons (Fsp3) is 0.300. The Bertz CT molecular complexity index is 389. The van der Waals surface area contributed by atoms with Crippen LogP contribution in [0.2, 0.25) is 0 Å². The molecule has 0 aromatic heterocycles. The Morgan fingerprint density at radius 2 is 2.00 bits per heavy atom. The van der Waals surface area contributed by atoms with Crippen molar-refractivity contribution < 1.29 is 22.4 Å². The highest BCUT2D eigenvalue weighted by atomic mass is 79.9. The van der Waals surface area contributed by atoms with Crippen molar-refractivity contribution in [1.29, 1.82) is 0 Å². The predicted octanol–water partition coefficient (Wildman–Crippen LogP) is 3.52. The highest BCUT2D eigenvalue weighted by Gasteiger charge is 2.34. The molecule has 88 valence electrons. The number of aldehydes is 1. The van der Waals surface area contributed by atoms with Gasteiger partial charge in [-0.25, -0.2) is 4.39 Å². The van der Waals surface area contributed by atoms with Crippen LogP contribution in [0.25, 0.3) is 0 Å². The van der Waals surface area contributed by atoms with E-state index in [1.165, 1.54) is 6.07 Å². The summed E-state index contributed by atoms with van der Waals surface area (Å²) in [7, 11) is 0. The molecule has 0 N–H and O–H groups in total. The molecule has 16 heavy (non-hydrogen) atoms. The molecule has 0 aliphatic heterocycles. The van der Waals surface area contributed by atoms with Crippen LogP contribution in [0.1, 0.15) is 17.0 Å². The number of carbonyl (C=O) groups excluding carboxylic acids is 1. The molecule has 0 radical (unpaired) electrons. The van der Waals surface area contributed by atoms with Crippen LogP contribution in [0.4, 0.5) is 17.6 Å². The minimum absolute atomic E-state index is 0.139. The van der Waals surface area contributed by atoms with Gasteiger partial charge in [0.1, 0.15) is 12.1 Å². The number of alkyl halides is 4. The SMILES string of the molecule is O=CC(CBr)c1ccc(F)c(C(F)(F)F)c1. The number of rotatable bonds is 3. The minimum Gasteiger partial charge on any atom is -0.303 e. The highest BCUT2D eigenvalue weighted by Crippen LogP contribution is 2.33. The third-order valence-corrected chi connectivity index (χ3v) is 2.75. The van der Waals surface area contributed by atoms with Crippen molar-refractivity contribution in [3.8, 4) is 0 Å². The van der Waals surface area contributed by atoms with Gasteiger partial charge in [-0.1, -0.05) is 22.0 Å². The summed E-state index contributed by atoms with van der Waals surface area (Å²) in [4.78, 5) is 10.6. The van der Waals surface area contributed by atoms with Gasteiger partial charge in [0.25, 0.3) is 0 Å². The monoisotopic (exact) mass is 298 g/mol. The first-order valence-electron chi connectivity index (χ1n) is 4.28. The molecule has 0 saturated heterocycles. The maximum Gasteiger partial charge on any atom is 0.419 e. The van der Waals surface area contributed by atoms with Gasteiger partial charge in [0.15, 0.2) is 0 Å². The van der Waals surface area contributed by atoms with Gasteiger partial charge in [-0.15, -0.1) is 0 Å². The van der Waals surface area contributed by atoms with Crippen LogP contribution in [0, 0.1) is 5.82 Å². The van der Waals surface area contributed by atoms with Gasteiger partial charge in [-0.2, -0.15) is 13.2 Å². The average Bonchev–Trinajstić information content (AvgIpc) is 2.20. The first-order chi connectivity index (χ1) is 7.40. The summed E-state index contributed by atoms with van der Waals surface area (Å²) in [6.07, 6.45) is -4.23. The van der Waals surface area contributed by atoms with Crippen molar-refractivity contribution in [2.75, 3.05) is 5.33 Å². The first kappa shape index (κ1) is 13.2. The summed E-state index contributed by atoms with van der Waals surface area (Å²) < 4.78 is 50.0. The van der Waals surface area contributed by atoms with E-state index in [4.69, 9.17) is 0 Å². The third-order valence-electron chi connectivity index (χ3n) is 2.05. The van der Waals surface area contributed by atoms with E-state index in [1.807, 2.05) is 0 Å². The lowest BCUT2D eigenvalue weighted by molar-refractivity contribution is -0.140. The van der Waals surface area contributed by atoms with E-state index in [1.54, 1.807) is 0 Å². The Kier molecular flexibility index (Phi) is 4.07. The fourth-order valence-corrected chi connectivity index (χ4v) is 1.72. The van der Waals surface area contributed by atoms with E-state index in [-0.39, 0.29) is 10.9 Å². The standard InChI is InChI=1S/C10H7BrF4O/c11-4-7(5-16)6-1-2-9(12)8(3-6)10(13,14)15/h1-3,5,7H,4H2. The number of halogens is 5. The van der Waals surface area contributed by atoms with Crippen LogP contribution in [-0.4, -0.2) is 11.6 Å². The normalized spacial score (nSPS) is 13.6. The van der Waals surface area contributed by atoms with E-state index >= 15 is 0 Å². The zero-order chi connectivity index (χ0) is 12.3. The van der Waals surface area contributed by atoms with Gasteiger partial charge >= 0.3 is 6.18 Å². The largest absolute Gasteiger partial charge is 0.419 e. The van der Waals surface area contributed by atoms with Crippen LogP contribution < -0.4 is 0 Å². The molecule has 1 nitrogen and oxygen atoms in total. The molecule has 1 unspecified atom stereocenters. The van der Waals surface area contributed by atoms with Gasteiger partial charge in [0, 0.05) is 11.2 Å². The quantitative estimate of drug-likeness (QED) is 0.474. The average molecular weight is 299 g/mol. The van der Waals surface area contributed by atoms with E-state index < -0.39 is 23.5 Å². The lowest BCUT2D eigenvalue weighted by Gasteiger charge is -2.12. The molecular weight excluding hydrogens is 292 g/mol. The summed E-state index contributed by atoms with van der Waals surface area (Å²) in [5, 5.41) is 0.194. The number of carbonyl (C=O) groups is 1. The molecular formula is C10H7BrF4O. The lowest BCUT2D eigenvalue weighted by atomic mass is 10.00. The summed E-state index contributed by atoms with van der Waals surface area (Å²) >= 11 is 3.00. The molecule has 0 bridgehead atoms. The molecule has 6 heteroatoms. The first-order valence-corrected chi connectivity index (χ1v) is 5.40. The lowest BCUT2D eigenvalue weighted by Crippen LogP contribution is -2.11. The van der Waals surface area contributed by atoms with Crippen LogP contribution in [0.5, 0.6) is 0 Å². The molecule has 0 heterocycles. The van der Waals surface area contributed by atoms with Crippen LogP contribution in [-0.2, 0) is 11.0 Å². The fourth-order valence-electron chi connectivity index (χ4n) is 1.19. The molecule has 0 amide bonds. The van der Waals surface area contributed by atoms with Crippen LogP contribution >= 0.6 is 15.9 Å². The Labute approximate surface area is 97.6 Å². The number of hydrogen-bond donors (Lipinski definition) is 0. The highest BCUT2D eigenvalue weighted by molar-refractivity contribution is 9.09. The Morgan fingerprint density at radius 3 is 2.44 bits per heavy atom. The zero-order valence-corrected chi connectivity index (χ0v) is 9.48. The van der Waals surface area contributed by atoms with Crippen molar-refractivity contribution in [2.24, 2.45) is 0 Å². The van der Waals surface area contributed by atoms with Crippen molar-refractivity contribution in [3.05, 3.63) is 35.1 Å². The summed E-state index contributed by atoms with van der Waals surface area (Å²) in [5.74, 6) is -2.04. The topological polar surface area (TPSA) is 17.1 Å². The van der Waals surface area contributed by atoms with Gasteiger partial charge < -0.3 is 4.79 Å². The second kappa shape index (κ2) is 4.95. The molecule has 1 aromatic rings. The van der Waals surface area contributed by atoms with Crippen molar-refractivity contribution in [1.82, 2.24) is 0 Å². The van der Waals surface area contributed by atoms with E-state index in [2.05, 4.69) is 15.9 Å². The molecule has 0 spiro atoms. The van der Waals surface area contributed by atoms with Crippen LogP contribution in [0.3, 0.4) is 0 Å². The van der Waals surface area contributed by atoms with E-state index in [9.17, 15) is 22.4 Å². The van der Waals surface area contributed by atoms with Crippen molar-refractivity contribution in [2.45, 2.75) is 12.1 Å². The van der Waals surface area contributed by atoms with Gasteiger partial charge in [0.05, 0.1) is 5.56 Å². The molecule has 0 saturated carbocycles. The third kappa shape index (κ3) is 2.81. The minimum atomic E-state index is -4.75. The summed E-state index contributed by atoms with van der Waals surface area (Å²) in [6, 6.07) is 2.55. The van der Waals surface area contributed by atoms with Gasteiger partial charge in [-0.3, -0.25) is 0 Å². The maximum atomic E-state index is 12.9. The molecule has 0 aliphatic rings. The number of hydrogen-bond acceptors (Lipinski definition) is 1.